The second-order valence-corrected chi connectivity index (χ2v) is 6.51. The summed E-state index contributed by atoms with van der Waals surface area (Å²) in [5.41, 5.74) is 3.83. The van der Waals surface area contributed by atoms with Crippen molar-refractivity contribution in [3.05, 3.63) is 47.7 Å². The van der Waals surface area contributed by atoms with Gasteiger partial charge in [-0.2, -0.15) is 10.2 Å². The highest BCUT2D eigenvalue weighted by Crippen LogP contribution is 2.27. The third-order valence-electron chi connectivity index (χ3n) is 4.52. The maximum atomic E-state index is 13.2. The van der Waals surface area contributed by atoms with E-state index in [-0.39, 0.29) is 5.91 Å². The Balaban J connectivity index is 1.78. The fourth-order valence-corrected chi connectivity index (χ4v) is 3.04. The molecule has 0 saturated carbocycles. The molecule has 0 aliphatic rings. The van der Waals surface area contributed by atoms with E-state index in [1.54, 1.807) is 46.7 Å². The van der Waals surface area contributed by atoms with Gasteiger partial charge < -0.3 is 9.42 Å². The van der Waals surface area contributed by atoms with Gasteiger partial charge in [0.25, 0.3) is 11.6 Å². The molecule has 0 unspecified atom stereocenters. The zero-order valence-corrected chi connectivity index (χ0v) is 15.5. The van der Waals surface area contributed by atoms with E-state index < -0.39 is 0 Å². The summed E-state index contributed by atoms with van der Waals surface area (Å²) in [7, 11) is 5.44. The van der Waals surface area contributed by atoms with E-state index in [4.69, 9.17) is 4.52 Å². The fraction of sp³-hybridized carbons (Fsp3) is 0.278. The smallest absolute Gasteiger partial charge is 0.259 e. The Morgan fingerprint density at radius 3 is 2.78 bits per heavy atom. The third-order valence-corrected chi connectivity index (χ3v) is 4.52. The maximum Gasteiger partial charge on any atom is 0.259 e. The van der Waals surface area contributed by atoms with Crippen LogP contribution in [0.2, 0.25) is 0 Å². The fourth-order valence-electron chi connectivity index (χ4n) is 3.04. The molecule has 138 valence electrons. The van der Waals surface area contributed by atoms with E-state index >= 15 is 0 Å². The number of hydrogen-bond acceptors (Lipinski definition) is 6. The lowest BCUT2D eigenvalue weighted by Crippen LogP contribution is -2.27. The van der Waals surface area contributed by atoms with Crippen LogP contribution in [0.3, 0.4) is 0 Å². The molecule has 4 aromatic rings. The van der Waals surface area contributed by atoms with Gasteiger partial charge in [0.05, 0.1) is 40.8 Å². The van der Waals surface area contributed by atoms with Crippen LogP contribution in [0.1, 0.15) is 21.7 Å². The van der Waals surface area contributed by atoms with Crippen molar-refractivity contribution in [2.75, 3.05) is 7.05 Å². The normalized spacial score (nSPS) is 11.3. The van der Waals surface area contributed by atoms with Crippen LogP contribution in [0.15, 0.2) is 35.2 Å². The van der Waals surface area contributed by atoms with Crippen molar-refractivity contribution < 1.29 is 9.32 Å². The van der Waals surface area contributed by atoms with Crippen molar-refractivity contribution in [2.45, 2.75) is 13.5 Å². The Labute approximate surface area is 155 Å². The number of pyridine rings is 1. The highest BCUT2D eigenvalue weighted by molar-refractivity contribution is 6.06. The summed E-state index contributed by atoms with van der Waals surface area (Å²) in [6, 6.07) is 3.66. The molecule has 4 aromatic heterocycles. The van der Waals surface area contributed by atoms with Crippen LogP contribution in [-0.4, -0.2) is 47.6 Å². The molecule has 0 aromatic carbocycles. The van der Waals surface area contributed by atoms with E-state index in [2.05, 4.69) is 20.3 Å². The van der Waals surface area contributed by atoms with Crippen LogP contribution in [-0.2, 0) is 20.6 Å². The van der Waals surface area contributed by atoms with Crippen LogP contribution in [0.5, 0.6) is 0 Å². The molecular formula is C18H19N7O2. The van der Waals surface area contributed by atoms with Gasteiger partial charge in [-0.1, -0.05) is 5.16 Å². The monoisotopic (exact) mass is 365 g/mol. The van der Waals surface area contributed by atoms with Crippen molar-refractivity contribution in [3.8, 4) is 11.3 Å². The van der Waals surface area contributed by atoms with Crippen LogP contribution in [0, 0.1) is 6.92 Å². The molecule has 0 fully saturated rings. The van der Waals surface area contributed by atoms with Gasteiger partial charge in [0, 0.05) is 39.1 Å². The molecule has 9 heteroatoms. The average molecular weight is 365 g/mol. The second-order valence-electron chi connectivity index (χ2n) is 6.51. The van der Waals surface area contributed by atoms with Gasteiger partial charge >= 0.3 is 0 Å². The summed E-state index contributed by atoms with van der Waals surface area (Å²) in [4.78, 5) is 19.4. The lowest BCUT2D eigenvalue weighted by Gasteiger charge is -2.18. The lowest BCUT2D eigenvalue weighted by molar-refractivity contribution is 0.0784. The van der Waals surface area contributed by atoms with E-state index in [9.17, 15) is 4.79 Å². The van der Waals surface area contributed by atoms with Crippen LogP contribution >= 0.6 is 0 Å². The van der Waals surface area contributed by atoms with Gasteiger partial charge in [-0.15, -0.1) is 0 Å². The summed E-state index contributed by atoms with van der Waals surface area (Å²) in [5.74, 6) is -0.139. The number of aromatic nitrogens is 6. The number of nitrogens with zero attached hydrogens (tertiary/aromatic N) is 7. The van der Waals surface area contributed by atoms with Gasteiger partial charge in [-0.25, -0.2) is 4.98 Å². The van der Waals surface area contributed by atoms with Crippen molar-refractivity contribution in [1.82, 2.24) is 34.6 Å². The van der Waals surface area contributed by atoms with Crippen LogP contribution < -0.4 is 0 Å². The Morgan fingerprint density at radius 1 is 1.30 bits per heavy atom. The molecule has 4 rings (SSSR count). The standard InChI is InChI=1S/C18H19N7O2/c1-11-16-14(18(26)23(2)10-13-5-6-19-25(13)4)7-15(21-17(16)27-22-11)12-8-20-24(3)9-12/h5-9H,10H2,1-4H3. The Kier molecular flexibility index (Phi) is 3.98. The predicted molar refractivity (Wildman–Crippen MR) is 97.7 cm³/mol. The molecule has 27 heavy (non-hydrogen) atoms. The highest BCUT2D eigenvalue weighted by Gasteiger charge is 2.22. The van der Waals surface area contributed by atoms with Gasteiger partial charge in [0.15, 0.2) is 0 Å². The minimum atomic E-state index is -0.139. The number of amides is 1. The second kappa shape index (κ2) is 6.35. The zero-order valence-electron chi connectivity index (χ0n) is 15.5. The maximum absolute atomic E-state index is 13.2. The number of aryl methyl sites for hydroxylation is 3. The first-order chi connectivity index (χ1) is 12.9. The van der Waals surface area contributed by atoms with Gasteiger partial charge in [0.1, 0.15) is 0 Å². The van der Waals surface area contributed by atoms with E-state index in [0.717, 1.165) is 11.3 Å². The molecule has 4 heterocycles. The van der Waals surface area contributed by atoms with Crippen molar-refractivity contribution >= 4 is 17.0 Å². The Bertz CT molecular complexity index is 1140. The first-order valence-corrected chi connectivity index (χ1v) is 8.42. The topological polar surface area (TPSA) is 94.9 Å². The quantitative estimate of drug-likeness (QED) is 0.548. The van der Waals surface area contributed by atoms with Gasteiger partial charge in [-0.3, -0.25) is 14.2 Å². The molecule has 9 nitrogen and oxygen atoms in total. The molecule has 0 N–H and O–H groups in total. The van der Waals surface area contributed by atoms with Crippen LogP contribution in [0.25, 0.3) is 22.4 Å². The van der Waals surface area contributed by atoms with Crippen molar-refractivity contribution in [3.63, 3.8) is 0 Å². The Hall–Kier alpha value is -3.49. The molecule has 0 spiro atoms. The molecule has 0 atom stereocenters. The predicted octanol–water partition coefficient (Wildman–Crippen LogP) is 1.94. The molecule has 0 radical (unpaired) electrons. The van der Waals surface area contributed by atoms with Crippen LogP contribution in [0.4, 0.5) is 0 Å². The van der Waals surface area contributed by atoms with Gasteiger partial charge in [0.2, 0.25) is 0 Å². The largest absolute Gasteiger partial charge is 0.336 e. The SMILES string of the molecule is Cc1noc2nc(-c3cnn(C)c3)cc(C(=O)N(C)Cc3ccnn3C)c12. The molecule has 0 saturated heterocycles. The number of hydrogen-bond donors (Lipinski definition) is 0. The molecular weight excluding hydrogens is 346 g/mol. The number of carbonyl (C=O) groups excluding carboxylic acids is 1. The number of rotatable bonds is 4. The minimum Gasteiger partial charge on any atom is -0.336 e. The molecule has 0 bridgehead atoms. The lowest BCUT2D eigenvalue weighted by atomic mass is 10.1. The minimum absolute atomic E-state index is 0.139. The average Bonchev–Trinajstić information content (AvgIpc) is 3.35. The first kappa shape index (κ1) is 17.0. The number of fused-ring (bicyclic) bond motifs is 1. The summed E-state index contributed by atoms with van der Waals surface area (Å²) in [6.07, 6.45) is 5.25. The summed E-state index contributed by atoms with van der Waals surface area (Å²) in [6.45, 7) is 2.24. The van der Waals surface area contributed by atoms with E-state index in [1.807, 2.05) is 26.4 Å². The third kappa shape index (κ3) is 2.97. The first-order valence-electron chi connectivity index (χ1n) is 8.42. The molecule has 0 aliphatic heterocycles. The van der Waals surface area contributed by atoms with E-state index in [0.29, 0.717) is 34.6 Å². The highest BCUT2D eigenvalue weighted by atomic mass is 16.5. The van der Waals surface area contributed by atoms with Gasteiger partial charge in [-0.05, 0) is 19.1 Å². The molecule has 0 aliphatic carbocycles. The molecule has 1 amide bonds. The summed E-state index contributed by atoms with van der Waals surface area (Å²) >= 11 is 0. The van der Waals surface area contributed by atoms with Crippen molar-refractivity contribution in [1.29, 1.82) is 0 Å². The number of carbonyl (C=O) groups is 1. The summed E-state index contributed by atoms with van der Waals surface area (Å²) in [5, 5.41) is 12.9. The van der Waals surface area contributed by atoms with E-state index in [1.165, 1.54) is 0 Å². The summed E-state index contributed by atoms with van der Waals surface area (Å²) < 4.78 is 8.77. The Morgan fingerprint density at radius 2 is 2.11 bits per heavy atom. The van der Waals surface area contributed by atoms with Crippen molar-refractivity contribution in [2.24, 2.45) is 14.1 Å². The zero-order chi connectivity index (χ0) is 19.1.